The van der Waals surface area contributed by atoms with Crippen LogP contribution in [-0.4, -0.2) is 60.2 Å². The third-order valence-electron chi connectivity index (χ3n) is 8.82. The van der Waals surface area contributed by atoms with Crippen molar-refractivity contribution >= 4 is 11.8 Å². The smallest absolute Gasteiger partial charge is 0.243 e. The number of carbonyl (C=O) groups is 2. The molecule has 2 bridgehead atoms. The van der Waals surface area contributed by atoms with E-state index in [2.05, 4.69) is 43.5 Å². The van der Waals surface area contributed by atoms with E-state index in [0.717, 1.165) is 31.2 Å². The molecule has 2 aromatic carbocycles. The number of aliphatic hydroxyl groups excluding tert-OH is 1. The number of hydrogen-bond donors (Lipinski definition) is 3. The Morgan fingerprint density at radius 2 is 1.93 bits per heavy atom. The van der Waals surface area contributed by atoms with Crippen molar-refractivity contribution in [1.82, 2.24) is 15.5 Å². The SMILES string of the molecule is CCCC[C@H](C)C(=O)N(C)[C@H]1C/C=C\CO[C@@H]2C[C@H](NC[C@@H](O)[C@H](Cc3ccccc3)NC1=O)c1cc(C)cc(C)c12. The zero-order chi connectivity index (χ0) is 30.2. The van der Waals surface area contributed by atoms with E-state index < -0.39 is 18.2 Å². The number of aliphatic hydroxyl groups is 1. The third-order valence-corrected chi connectivity index (χ3v) is 8.82. The molecule has 0 unspecified atom stereocenters. The molecular weight excluding hydrogens is 526 g/mol. The van der Waals surface area contributed by atoms with E-state index in [0.29, 0.717) is 26.0 Å². The highest BCUT2D eigenvalue weighted by Gasteiger charge is 2.35. The predicted molar refractivity (Wildman–Crippen MR) is 167 cm³/mol. The van der Waals surface area contributed by atoms with Gasteiger partial charge in [0.05, 0.1) is 24.9 Å². The Morgan fingerprint density at radius 3 is 2.67 bits per heavy atom. The molecular formula is C35H49N3O4. The predicted octanol–water partition coefficient (Wildman–Crippen LogP) is 5.10. The van der Waals surface area contributed by atoms with Crippen LogP contribution in [0.4, 0.5) is 0 Å². The number of aryl methyl sites for hydroxylation is 2. The highest BCUT2D eigenvalue weighted by Crippen LogP contribution is 2.43. The van der Waals surface area contributed by atoms with Crippen LogP contribution in [0.3, 0.4) is 0 Å². The largest absolute Gasteiger partial charge is 0.390 e. The number of likely N-dealkylation sites (N-methyl/N-ethyl adjacent to an activating group) is 1. The van der Waals surface area contributed by atoms with Gasteiger partial charge in [-0.2, -0.15) is 0 Å². The molecule has 2 aromatic rings. The van der Waals surface area contributed by atoms with Gasteiger partial charge in [0.25, 0.3) is 0 Å². The van der Waals surface area contributed by atoms with Gasteiger partial charge >= 0.3 is 0 Å². The topological polar surface area (TPSA) is 90.9 Å². The minimum atomic E-state index is -0.839. The Kier molecular flexibility index (Phi) is 11.4. The van der Waals surface area contributed by atoms with Crippen LogP contribution in [0, 0.1) is 19.8 Å². The van der Waals surface area contributed by atoms with Gasteiger partial charge in [-0.1, -0.05) is 86.9 Å². The van der Waals surface area contributed by atoms with Crippen LogP contribution in [-0.2, 0) is 20.7 Å². The molecule has 1 heterocycles. The monoisotopic (exact) mass is 575 g/mol. The minimum Gasteiger partial charge on any atom is -0.390 e. The van der Waals surface area contributed by atoms with Crippen LogP contribution in [0.1, 0.15) is 85.9 Å². The molecule has 0 radical (unpaired) electrons. The second kappa shape index (κ2) is 14.9. The number of unbranched alkanes of at least 4 members (excludes halogenated alkanes) is 1. The Balaban J connectivity index is 1.63. The lowest BCUT2D eigenvalue weighted by Crippen LogP contribution is -2.55. The van der Waals surface area contributed by atoms with Gasteiger partial charge in [-0.3, -0.25) is 9.59 Å². The van der Waals surface area contributed by atoms with Crippen LogP contribution in [0.15, 0.2) is 54.6 Å². The molecule has 3 N–H and O–H groups in total. The third kappa shape index (κ3) is 7.88. The van der Waals surface area contributed by atoms with E-state index in [9.17, 15) is 14.7 Å². The van der Waals surface area contributed by atoms with E-state index in [1.54, 1.807) is 11.9 Å². The van der Waals surface area contributed by atoms with E-state index in [1.807, 2.05) is 49.4 Å². The molecule has 6 atom stereocenters. The fourth-order valence-electron chi connectivity index (χ4n) is 6.42. The van der Waals surface area contributed by atoms with Crippen LogP contribution in [0.5, 0.6) is 0 Å². The summed E-state index contributed by atoms with van der Waals surface area (Å²) in [5.74, 6) is -0.455. The summed E-state index contributed by atoms with van der Waals surface area (Å²) in [6.07, 6.45) is 7.43. The van der Waals surface area contributed by atoms with Gasteiger partial charge in [-0.05, 0) is 61.8 Å². The van der Waals surface area contributed by atoms with Gasteiger partial charge in [0.2, 0.25) is 11.8 Å². The van der Waals surface area contributed by atoms with Crippen molar-refractivity contribution in [3.63, 3.8) is 0 Å². The summed E-state index contributed by atoms with van der Waals surface area (Å²) in [5, 5.41) is 18.3. The number of nitrogens with one attached hydrogen (secondary N) is 2. The quantitative estimate of drug-likeness (QED) is 0.400. The first-order valence-corrected chi connectivity index (χ1v) is 15.6. The lowest BCUT2D eigenvalue weighted by atomic mass is 9.98. The van der Waals surface area contributed by atoms with Crippen LogP contribution in [0.2, 0.25) is 0 Å². The molecule has 1 aliphatic carbocycles. The molecule has 0 saturated heterocycles. The average molecular weight is 576 g/mol. The molecule has 228 valence electrons. The zero-order valence-electron chi connectivity index (χ0n) is 25.9. The normalized spacial score (nSPS) is 26.3. The molecule has 7 nitrogen and oxygen atoms in total. The first kappa shape index (κ1) is 31.9. The minimum absolute atomic E-state index is 0.0346. The number of fused-ring (bicyclic) bond motifs is 5. The molecule has 0 fully saturated rings. The summed E-state index contributed by atoms with van der Waals surface area (Å²) in [5.41, 5.74) is 5.90. The number of carbonyl (C=O) groups excluding carboxylic acids is 2. The molecule has 0 spiro atoms. The Labute approximate surface area is 251 Å². The highest BCUT2D eigenvalue weighted by atomic mass is 16.5. The highest BCUT2D eigenvalue weighted by molar-refractivity contribution is 5.88. The maximum absolute atomic E-state index is 13.8. The van der Waals surface area contributed by atoms with E-state index in [4.69, 9.17) is 4.74 Å². The number of nitrogens with zero attached hydrogens (tertiary/aromatic N) is 1. The van der Waals surface area contributed by atoms with Gasteiger partial charge in [0.15, 0.2) is 0 Å². The fourth-order valence-corrected chi connectivity index (χ4v) is 6.42. The second-order valence-corrected chi connectivity index (χ2v) is 12.2. The summed E-state index contributed by atoms with van der Waals surface area (Å²) in [6.45, 7) is 9.03. The maximum atomic E-state index is 13.8. The van der Waals surface area contributed by atoms with Crippen molar-refractivity contribution in [2.24, 2.45) is 5.92 Å². The van der Waals surface area contributed by atoms with E-state index in [-0.39, 0.29) is 29.9 Å². The summed E-state index contributed by atoms with van der Waals surface area (Å²) < 4.78 is 6.37. The standard InChI is InChI=1S/C35H49N3O4/c1-6-7-13-24(3)35(41)38(5)30-16-11-12-17-42-32-21-28(27-19-23(2)18-25(4)33(27)32)36-22-31(39)29(37-34(30)40)20-26-14-9-8-10-15-26/h8-12,14-15,18-19,24,28-32,36,39H,6-7,13,16-17,20-22H2,1-5H3,(H,37,40)/b12-11-/t24-,28-,29-,30-,31+,32+/m0/s1. The Bertz CT molecular complexity index is 1230. The van der Waals surface area contributed by atoms with Crippen LogP contribution >= 0.6 is 0 Å². The lowest BCUT2D eigenvalue weighted by molar-refractivity contribution is -0.142. The van der Waals surface area contributed by atoms with Crippen molar-refractivity contribution in [3.8, 4) is 0 Å². The number of amides is 2. The van der Waals surface area contributed by atoms with Gasteiger partial charge < -0.3 is 25.4 Å². The van der Waals surface area contributed by atoms with Crippen LogP contribution < -0.4 is 10.6 Å². The molecule has 4 rings (SSSR count). The first-order valence-electron chi connectivity index (χ1n) is 15.6. The molecule has 42 heavy (non-hydrogen) atoms. The van der Waals surface area contributed by atoms with E-state index >= 15 is 0 Å². The van der Waals surface area contributed by atoms with Crippen molar-refractivity contribution in [1.29, 1.82) is 0 Å². The first-order chi connectivity index (χ1) is 20.2. The van der Waals surface area contributed by atoms with Crippen LogP contribution in [0.25, 0.3) is 0 Å². The van der Waals surface area contributed by atoms with Gasteiger partial charge in [0.1, 0.15) is 6.04 Å². The summed E-state index contributed by atoms with van der Waals surface area (Å²) >= 11 is 0. The second-order valence-electron chi connectivity index (χ2n) is 12.2. The molecule has 0 aromatic heterocycles. The average Bonchev–Trinajstić information content (AvgIpc) is 3.32. The summed E-state index contributed by atoms with van der Waals surface area (Å²) in [7, 11) is 1.72. The van der Waals surface area contributed by atoms with Crippen molar-refractivity contribution in [2.75, 3.05) is 20.2 Å². The Morgan fingerprint density at radius 1 is 1.17 bits per heavy atom. The Hall–Kier alpha value is -3.00. The molecule has 2 aliphatic rings. The molecule has 2 amide bonds. The van der Waals surface area contributed by atoms with Crippen molar-refractivity contribution in [2.45, 2.75) is 96.6 Å². The maximum Gasteiger partial charge on any atom is 0.243 e. The number of hydrogen-bond acceptors (Lipinski definition) is 5. The van der Waals surface area contributed by atoms with E-state index in [1.165, 1.54) is 22.3 Å². The fraction of sp³-hybridized carbons (Fsp3) is 0.543. The van der Waals surface area contributed by atoms with Crippen molar-refractivity contribution in [3.05, 3.63) is 82.4 Å². The summed E-state index contributed by atoms with van der Waals surface area (Å²) in [4.78, 5) is 28.8. The molecule has 0 saturated carbocycles. The van der Waals surface area contributed by atoms with Gasteiger partial charge in [-0.15, -0.1) is 0 Å². The van der Waals surface area contributed by atoms with Gasteiger partial charge in [-0.25, -0.2) is 0 Å². The molecule has 7 heteroatoms. The van der Waals surface area contributed by atoms with Gasteiger partial charge in [0, 0.05) is 25.6 Å². The molecule has 1 aliphatic heterocycles. The number of rotatable bonds is 7. The summed E-state index contributed by atoms with van der Waals surface area (Å²) in [6, 6.07) is 13.1. The number of benzene rings is 2. The van der Waals surface area contributed by atoms with Crippen molar-refractivity contribution < 1.29 is 19.4 Å². The lowest BCUT2D eigenvalue weighted by Gasteiger charge is -2.32. The number of β-amino-alcohol motifs (C(OH)–C–C–N with tert-alkyl or cyclic N) is 1. The number of ether oxygens (including phenoxy) is 1. The zero-order valence-corrected chi connectivity index (χ0v) is 25.9.